The number of thioether (sulfide) groups is 1. The van der Waals surface area contributed by atoms with E-state index in [-0.39, 0.29) is 17.6 Å². The van der Waals surface area contributed by atoms with Crippen LogP contribution in [0.2, 0.25) is 5.02 Å². The first-order valence-corrected chi connectivity index (χ1v) is 12.7. The van der Waals surface area contributed by atoms with Crippen LogP contribution in [0.15, 0.2) is 71.6 Å². The fraction of sp³-hybridized carbons (Fsp3) is 0.333. The number of aromatic hydroxyl groups is 1. The van der Waals surface area contributed by atoms with Crippen molar-refractivity contribution in [3.63, 3.8) is 0 Å². The van der Waals surface area contributed by atoms with E-state index in [4.69, 9.17) is 16.3 Å². The lowest BCUT2D eigenvalue weighted by Gasteiger charge is -2.34. The van der Waals surface area contributed by atoms with Crippen molar-refractivity contribution >= 4 is 23.4 Å². The molecule has 2 aliphatic rings. The number of fused-ring (bicyclic) bond motifs is 1. The Bertz CT molecular complexity index is 1050. The van der Waals surface area contributed by atoms with Crippen LogP contribution in [0.25, 0.3) is 0 Å². The van der Waals surface area contributed by atoms with Gasteiger partial charge in [0, 0.05) is 45.7 Å². The maximum Gasteiger partial charge on any atom is 0.126 e. The first kappa shape index (κ1) is 21.7. The Morgan fingerprint density at radius 1 is 0.938 bits per heavy atom. The largest absolute Gasteiger partial charge is 0.508 e. The molecule has 1 N–H and O–H groups in total. The Morgan fingerprint density at radius 3 is 2.41 bits per heavy atom. The van der Waals surface area contributed by atoms with Gasteiger partial charge >= 0.3 is 0 Å². The summed E-state index contributed by atoms with van der Waals surface area (Å²) in [6, 6.07) is 22.6. The van der Waals surface area contributed by atoms with Gasteiger partial charge in [-0.05, 0) is 67.4 Å². The zero-order valence-electron chi connectivity index (χ0n) is 18.0. The van der Waals surface area contributed by atoms with Crippen molar-refractivity contribution in [3.05, 3.63) is 88.4 Å². The highest BCUT2D eigenvalue weighted by atomic mass is 35.5. The maximum atomic E-state index is 9.96. The molecule has 0 amide bonds. The molecule has 0 aromatic heterocycles. The van der Waals surface area contributed by atoms with Crippen LogP contribution < -0.4 is 4.74 Å². The van der Waals surface area contributed by atoms with E-state index >= 15 is 0 Å². The van der Waals surface area contributed by atoms with Crippen LogP contribution in [0.4, 0.5) is 0 Å². The Hall–Kier alpha value is -2.14. The molecular weight excluding hydrogens is 438 g/mol. The summed E-state index contributed by atoms with van der Waals surface area (Å²) in [5, 5.41) is 10.7. The van der Waals surface area contributed by atoms with Gasteiger partial charge in [-0.3, -0.25) is 0 Å². The van der Waals surface area contributed by atoms with Crippen LogP contribution in [-0.4, -0.2) is 42.0 Å². The SMILES string of the molecule is Oc1ccc2c(c1)OCC(c1ccc(Cl)cc1)C2c1ccc(SCCN2CCCC2)cc1. The monoisotopic (exact) mass is 465 g/mol. The molecule has 2 unspecified atom stereocenters. The summed E-state index contributed by atoms with van der Waals surface area (Å²) in [5.74, 6) is 2.47. The van der Waals surface area contributed by atoms with Crippen molar-refractivity contribution in [1.82, 2.24) is 4.90 Å². The third kappa shape index (κ3) is 4.78. The third-order valence-corrected chi connectivity index (χ3v) is 7.81. The summed E-state index contributed by atoms with van der Waals surface area (Å²) in [7, 11) is 0. The van der Waals surface area contributed by atoms with E-state index in [9.17, 15) is 5.11 Å². The maximum absolute atomic E-state index is 9.96. The van der Waals surface area contributed by atoms with Crippen molar-refractivity contribution in [2.45, 2.75) is 29.6 Å². The molecule has 0 aliphatic carbocycles. The number of ether oxygens (including phenoxy) is 1. The average Bonchev–Trinajstić information content (AvgIpc) is 3.33. The first-order chi connectivity index (χ1) is 15.7. The number of hydrogen-bond donors (Lipinski definition) is 1. The molecule has 1 saturated heterocycles. The lowest BCUT2D eigenvalue weighted by atomic mass is 9.76. The summed E-state index contributed by atoms with van der Waals surface area (Å²) in [4.78, 5) is 3.88. The van der Waals surface area contributed by atoms with Crippen molar-refractivity contribution in [2.75, 3.05) is 32.0 Å². The smallest absolute Gasteiger partial charge is 0.126 e. The fourth-order valence-corrected chi connectivity index (χ4v) is 5.92. The summed E-state index contributed by atoms with van der Waals surface area (Å²) in [6.45, 7) is 4.24. The van der Waals surface area contributed by atoms with Crippen molar-refractivity contribution in [3.8, 4) is 11.5 Å². The predicted molar refractivity (Wildman–Crippen MR) is 132 cm³/mol. The Labute approximate surface area is 199 Å². The number of nitrogens with zero attached hydrogens (tertiary/aromatic N) is 1. The lowest BCUT2D eigenvalue weighted by Crippen LogP contribution is -2.25. The molecule has 0 radical (unpaired) electrons. The van der Waals surface area contributed by atoms with E-state index in [0.29, 0.717) is 6.61 Å². The van der Waals surface area contributed by atoms with Crippen LogP contribution in [0.1, 0.15) is 41.4 Å². The van der Waals surface area contributed by atoms with Gasteiger partial charge in [-0.2, -0.15) is 0 Å². The lowest BCUT2D eigenvalue weighted by molar-refractivity contribution is 0.248. The van der Waals surface area contributed by atoms with E-state index in [0.717, 1.165) is 22.1 Å². The molecule has 2 aliphatic heterocycles. The number of benzene rings is 3. The molecule has 0 bridgehead atoms. The Kier molecular flexibility index (Phi) is 6.63. The Morgan fingerprint density at radius 2 is 1.66 bits per heavy atom. The molecule has 5 heteroatoms. The van der Waals surface area contributed by atoms with Crippen LogP contribution in [0.3, 0.4) is 0 Å². The number of phenolic OH excluding ortho intramolecular Hbond substituents is 1. The first-order valence-electron chi connectivity index (χ1n) is 11.3. The zero-order valence-corrected chi connectivity index (χ0v) is 19.6. The molecule has 3 nitrogen and oxygen atoms in total. The van der Waals surface area contributed by atoms with E-state index in [1.165, 1.54) is 48.5 Å². The van der Waals surface area contributed by atoms with Gasteiger partial charge < -0.3 is 14.7 Å². The van der Waals surface area contributed by atoms with Crippen LogP contribution in [-0.2, 0) is 0 Å². The normalized spacial score (nSPS) is 20.7. The number of likely N-dealkylation sites (tertiary alicyclic amines) is 1. The highest BCUT2D eigenvalue weighted by molar-refractivity contribution is 7.99. The Balaban J connectivity index is 1.39. The van der Waals surface area contributed by atoms with E-state index in [1.54, 1.807) is 12.1 Å². The summed E-state index contributed by atoms with van der Waals surface area (Å²) in [5.41, 5.74) is 3.59. The van der Waals surface area contributed by atoms with Gasteiger partial charge in [0.05, 0.1) is 6.61 Å². The van der Waals surface area contributed by atoms with Gasteiger partial charge in [0.15, 0.2) is 0 Å². The molecule has 5 rings (SSSR count). The molecule has 2 heterocycles. The van der Waals surface area contributed by atoms with Gasteiger partial charge in [0.2, 0.25) is 0 Å². The highest BCUT2D eigenvalue weighted by Gasteiger charge is 2.33. The molecule has 0 saturated carbocycles. The average molecular weight is 466 g/mol. The molecule has 166 valence electrons. The zero-order chi connectivity index (χ0) is 21.9. The number of rotatable bonds is 6. The van der Waals surface area contributed by atoms with Gasteiger partial charge in [-0.15, -0.1) is 11.8 Å². The van der Waals surface area contributed by atoms with E-state index in [2.05, 4.69) is 41.3 Å². The second-order valence-electron chi connectivity index (χ2n) is 8.64. The van der Waals surface area contributed by atoms with Crippen LogP contribution in [0.5, 0.6) is 11.5 Å². The number of hydrogen-bond acceptors (Lipinski definition) is 4. The fourth-order valence-electron chi connectivity index (χ4n) is 4.88. The van der Waals surface area contributed by atoms with Crippen LogP contribution in [0, 0.1) is 0 Å². The van der Waals surface area contributed by atoms with Crippen molar-refractivity contribution in [2.24, 2.45) is 0 Å². The second kappa shape index (κ2) is 9.78. The van der Waals surface area contributed by atoms with Gasteiger partial charge in [-0.1, -0.05) is 41.9 Å². The quantitative estimate of drug-likeness (QED) is 0.419. The summed E-state index contributed by atoms with van der Waals surface area (Å²) < 4.78 is 6.08. The predicted octanol–water partition coefficient (Wildman–Crippen LogP) is 6.54. The van der Waals surface area contributed by atoms with Crippen molar-refractivity contribution in [1.29, 1.82) is 0 Å². The van der Waals surface area contributed by atoms with Crippen LogP contribution >= 0.6 is 23.4 Å². The molecule has 3 aromatic carbocycles. The standard InChI is InChI=1S/C27H28ClNO2S/c28-21-7-3-19(4-8-21)25-18-31-26-17-22(30)9-12-24(26)27(25)20-5-10-23(11-6-20)32-16-15-29-13-1-2-14-29/h3-12,17,25,27,30H,1-2,13-16,18H2. The molecule has 3 aromatic rings. The number of halogens is 1. The highest BCUT2D eigenvalue weighted by Crippen LogP contribution is 2.47. The minimum Gasteiger partial charge on any atom is -0.508 e. The summed E-state index contributed by atoms with van der Waals surface area (Å²) >= 11 is 8.07. The van der Waals surface area contributed by atoms with E-state index < -0.39 is 0 Å². The number of phenols is 1. The molecule has 32 heavy (non-hydrogen) atoms. The molecule has 1 fully saturated rings. The summed E-state index contributed by atoms with van der Waals surface area (Å²) in [6.07, 6.45) is 2.69. The van der Waals surface area contributed by atoms with Gasteiger partial charge in [0.1, 0.15) is 11.5 Å². The topological polar surface area (TPSA) is 32.7 Å². The third-order valence-electron chi connectivity index (χ3n) is 6.57. The molecular formula is C27H28ClNO2S. The van der Waals surface area contributed by atoms with Gasteiger partial charge in [0.25, 0.3) is 0 Å². The van der Waals surface area contributed by atoms with E-state index in [1.807, 2.05) is 30.0 Å². The van der Waals surface area contributed by atoms with Crippen molar-refractivity contribution < 1.29 is 9.84 Å². The minimum atomic E-state index is 0.157. The molecule has 2 atom stereocenters. The molecule has 0 spiro atoms. The second-order valence-corrected chi connectivity index (χ2v) is 10.2. The van der Waals surface area contributed by atoms with Gasteiger partial charge in [-0.25, -0.2) is 0 Å². The minimum absolute atomic E-state index is 0.157.